The highest BCUT2D eigenvalue weighted by atomic mass is 32.1. The number of nitrogens with one attached hydrogen (secondary N) is 1. The zero-order valence-electron chi connectivity index (χ0n) is 14.3. The van der Waals surface area contributed by atoms with Crippen LogP contribution in [0.2, 0.25) is 0 Å². The van der Waals surface area contributed by atoms with Gasteiger partial charge in [-0.05, 0) is 48.6 Å². The molecule has 0 amide bonds. The molecular weight excluding hydrogens is 368 g/mol. The second-order valence-corrected chi connectivity index (χ2v) is 5.72. The number of aromatic amines is 1. The molecule has 1 heterocycles. The van der Waals surface area contributed by atoms with Crippen LogP contribution < -0.4 is 14.6 Å². The topological polar surface area (TPSA) is 105 Å². The number of nitrogens with zero attached hydrogens (tertiary/aromatic N) is 3. The molecule has 0 aliphatic carbocycles. The van der Waals surface area contributed by atoms with Crippen LogP contribution in [0.5, 0.6) is 11.5 Å². The van der Waals surface area contributed by atoms with Gasteiger partial charge in [-0.3, -0.25) is 0 Å². The van der Waals surface area contributed by atoms with Gasteiger partial charge in [0.15, 0.2) is 5.82 Å². The van der Waals surface area contributed by atoms with Gasteiger partial charge in [-0.25, -0.2) is 5.10 Å². The number of methoxy groups -OCH3 is 1. The molecule has 0 spiro atoms. The quantitative estimate of drug-likeness (QED) is 0.491. The van der Waals surface area contributed by atoms with E-state index in [4.69, 9.17) is 21.7 Å². The van der Waals surface area contributed by atoms with E-state index in [-0.39, 0.29) is 0 Å². The summed E-state index contributed by atoms with van der Waals surface area (Å²) in [6, 6.07) is 14.2. The molecule has 2 aromatic carbocycles. The van der Waals surface area contributed by atoms with Gasteiger partial charge in [0.05, 0.1) is 19.3 Å². The van der Waals surface area contributed by atoms with Gasteiger partial charge in [0.25, 0.3) is 0 Å². The molecule has 3 aromatic rings. The Morgan fingerprint density at radius 1 is 1.30 bits per heavy atom. The first-order chi connectivity index (χ1) is 13.1. The number of benzene rings is 2. The average molecular weight is 383 g/mol. The summed E-state index contributed by atoms with van der Waals surface area (Å²) in [7, 11) is 1.59. The molecule has 0 fully saturated rings. The molecule has 1 N–H and O–H groups in total. The van der Waals surface area contributed by atoms with Crippen molar-refractivity contribution < 1.29 is 19.4 Å². The third-order valence-electron chi connectivity index (χ3n) is 3.58. The number of aromatic nitrogens is 3. The average Bonchev–Trinajstić information content (AvgIpc) is 3.05. The molecular formula is C18H15N4O4S-. The van der Waals surface area contributed by atoms with Crippen LogP contribution in [0.3, 0.4) is 0 Å². The van der Waals surface area contributed by atoms with E-state index in [1.165, 1.54) is 10.9 Å². The summed E-state index contributed by atoms with van der Waals surface area (Å²) in [6.45, 7) is -0.549. The number of ether oxygens (including phenoxy) is 2. The van der Waals surface area contributed by atoms with Crippen molar-refractivity contribution in [2.24, 2.45) is 5.10 Å². The highest BCUT2D eigenvalue weighted by molar-refractivity contribution is 7.71. The van der Waals surface area contributed by atoms with Gasteiger partial charge in [0, 0.05) is 11.1 Å². The predicted octanol–water partition coefficient (Wildman–Crippen LogP) is 1.63. The Hall–Kier alpha value is -3.46. The summed E-state index contributed by atoms with van der Waals surface area (Å²) in [4.78, 5) is 10.6. The van der Waals surface area contributed by atoms with E-state index >= 15 is 0 Å². The normalized spacial score (nSPS) is 10.9. The zero-order chi connectivity index (χ0) is 19.2. The lowest BCUT2D eigenvalue weighted by molar-refractivity contribution is -0.307. The van der Waals surface area contributed by atoms with E-state index in [9.17, 15) is 9.90 Å². The number of aliphatic carboxylic acids is 1. The van der Waals surface area contributed by atoms with Crippen LogP contribution in [0.4, 0.5) is 0 Å². The smallest absolute Gasteiger partial charge is 0.216 e. The number of carbonyl (C=O) groups is 1. The predicted molar refractivity (Wildman–Crippen MR) is 99.3 cm³/mol. The fourth-order valence-corrected chi connectivity index (χ4v) is 2.48. The molecule has 0 saturated heterocycles. The summed E-state index contributed by atoms with van der Waals surface area (Å²) in [5, 5.41) is 21.9. The lowest BCUT2D eigenvalue weighted by Gasteiger charge is -2.09. The number of carboxylic acid groups (broad SMARTS) is 1. The van der Waals surface area contributed by atoms with Crippen molar-refractivity contribution in [3.8, 4) is 22.9 Å². The molecule has 138 valence electrons. The number of carbonyl (C=O) groups excluding carboxylic acids is 1. The molecule has 0 aliphatic rings. The van der Waals surface area contributed by atoms with Crippen molar-refractivity contribution in [2.45, 2.75) is 0 Å². The van der Waals surface area contributed by atoms with Crippen molar-refractivity contribution in [3.05, 3.63) is 58.9 Å². The van der Waals surface area contributed by atoms with Crippen molar-refractivity contribution in [1.29, 1.82) is 0 Å². The van der Waals surface area contributed by atoms with Gasteiger partial charge in [-0.2, -0.15) is 14.9 Å². The number of carboxylic acids is 1. The van der Waals surface area contributed by atoms with Crippen molar-refractivity contribution >= 4 is 24.4 Å². The lowest BCUT2D eigenvalue weighted by atomic mass is 10.2. The summed E-state index contributed by atoms with van der Waals surface area (Å²) in [6.07, 6.45) is 1.52. The highest BCUT2D eigenvalue weighted by Gasteiger charge is 2.09. The SMILES string of the molecule is COc1ccc(-c2n[nH]c(=S)n2/N=C/c2ccccc2OCC(=O)[O-])cc1. The number of H-pyrrole nitrogens is 1. The summed E-state index contributed by atoms with van der Waals surface area (Å²) < 4.78 is 12.1. The molecule has 8 nitrogen and oxygen atoms in total. The Bertz CT molecular complexity index is 1020. The molecule has 0 radical (unpaired) electrons. The maximum Gasteiger partial charge on any atom is 0.216 e. The number of hydrogen-bond acceptors (Lipinski definition) is 7. The van der Waals surface area contributed by atoms with Crippen LogP contribution in [0.25, 0.3) is 11.4 Å². The van der Waals surface area contributed by atoms with E-state index in [1.807, 2.05) is 24.3 Å². The Balaban J connectivity index is 1.91. The number of rotatable bonds is 7. The third kappa shape index (κ3) is 4.39. The molecule has 9 heteroatoms. The van der Waals surface area contributed by atoms with Crippen LogP contribution in [0.15, 0.2) is 53.6 Å². The minimum atomic E-state index is -1.31. The van der Waals surface area contributed by atoms with Gasteiger partial charge in [-0.15, -0.1) is 0 Å². The Labute approximate surface area is 159 Å². The third-order valence-corrected chi connectivity index (χ3v) is 3.84. The van der Waals surface area contributed by atoms with Crippen LogP contribution in [-0.4, -0.2) is 40.8 Å². The molecule has 1 aromatic heterocycles. The zero-order valence-corrected chi connectivity index (χ0v) is 15.1. The van der Waals surface area contributed by atoms with E-state index in [0.29, 0.717) is 21.9 Å². The second-order valence-electron chi connectivity index (χ2n) is 5.34. The largest absolute Gasteiger partial charge is 0.546 e. The first-order valence-electron chi connectivity index (χ1n) is 7.86. The van der Waals surface area contributed by atoms with Crippen LogP contribution in [0, 0.1) is 4.77 Å². The van der Waals surface area contributed by atoms with E-state index in [2.05, 4.69) is 15.3 Å². The first-order valence-corrected chi connectivity index (χ1v) is 8.27. The maximum absolute atomic E-state index is 10.6. The summed E-state index contributed by atoms with van der Waals surface area (Å²) >= 11 is 5.24. The molecule has 0 saturated carbocycles. The molecule has 27 heavy (non-hydrogen) atoms. The molecule has 0 bridgehead atoms. The summed E-state index contributed by atoms with van der Waals surface area (Å²) in [5.74, 6) is 0.306. The highest BCUT2D eigenvalue weighted by Crippen LogP contribution is 2.21. The fraction of sp³-hybridized carbons (Fsp3) is 0.111. The minimum Gasteiger partial charge on any atom is -0.546 e. The van der Waals surface area contributed by atoms with Crippen molar-refractivity contribution in [3.63, 3.8) is 0 Å². The minimum absolute atomic E-state index is 0.310. The second kappa shape index (κ2) is 8.28. The van der Waals surface area contributed by atoms with Gasteiger partial charge in [0.2, 0.25) is 4.77 Å². The van der Waals surface area contributed by atoms with Crippen molar-refractivity contribution in [2.75, 3.05) is 13.7 Å². The van der Waals surface area contributed by atoms with Gasteiger partial charge >= 0.3 is 0 Å². The van der Waals surface area contributed by atoms with Crippen LogP contribution >= 0.6 is 12.2 Å². The van der Waals surface area contributed by atoms with E-state index < -0.39 is 12.6 Å². The molecule has 0 unspecified atom stereocenters. The van der Waals surface area contributed by atoms with Crippen LogP contribution in [-0.2, 0) is 4.79 Å². The van der Waals surface area contributed by atoms with E-state index in [1.54, 1.807) is 31.4 Å². The first kappa shape index (κ1) is 18.3. The van der Waals surface area contributed by atoms with Crippen molar-refractivity contribution in [1.82, 2.24) is 14.9 Å². The van der Waals surface area contributed by atoms with Gasteiger partial charge < -0.3 is 19.4 Å². The standard InChI is InChI=1S/C18H16N4O4S/c1-25-14-8-6-12(7-9-14)17-20-21-18(27)22(17)19-10-13-4-2-3-5-15(13)26-11-16(23)24/h2-10H,11H2,1H3,(H,21,27)(H,23,24)/p-1/b19-10+. The summed E-state index contributed by atoms with van der Waals surface area (Å²) in [5.41, 5.74) is 1.38. The van der Waals surface area contributed by atoms with Crippen LogP contribution in [0.1, 0.15) is 5.56 Å². The Morgan fingerprint density at radius 3 is 2.74 bits per heavy atom. The molecule has 3 rings (SSSR count). The van der Waals surface area contributed by atoms with Gasteiger partial charge in [0.1, 0.15) is 18.1 Å². The van der Waals surface area contributed by atoms with E-state index in [0.717, 1.165) is 11.3 Å². The Morgan fingerprint density at radius 2 is 2.04 bits per heavy atom. The molecule has 0 atom stereocenters. The van der Waals surface area contributed by atoms with Gasteiger partial charge in [-0.1, -0.05) is 12.1 Å². The number of hydrogen-bond donors (Lipinski definition) is 1. The Kier molecular flexibility index (Phi) is 5.62. The maximum atomic E-state index is 10.6. The number of para-hydroxylation sites is 1. The molecule has 0 aliphatic heterocycles. The lowest BCUT2D eigenvalue weighted by Crippen LogP contribution is -2.29. The fourth-order valence-electron chi connectivity index (χ4n) is 2.30. The monoisotopic (exact) mass is 383 g/mol.